The van der Waals surface area contributed by atoms with Gasteiger partial charge in [0.2, 0.25) is 0 Å². The van der Waals surface area contributed by atoms with Gasteiger partial charge < -0.3 is 15.4 Å². The molecular weight excluding hydrogens is 298 g/mol. The van der Waals surface area contributed by atoms with Crippen LogP contribution in [-0.4, -0.2) is 32.8 Å². The molecule has 1 saturated carbocycles. The molecule has 0 aliphatic heterocycles. The van der Waals surface area contributed by atoms with Crippen LogP contribution in [0.5, 0.6) is 0 Å². The van der Waals surface area contributed by atoms with Crippen LogP contribution in [0.2, 0.25) is 0 Å². The van der Waals surface area contributed by atoms with Gasteiger partial charge in [0.05, 0.1) is 6.54 Å². The summed E-state index contributed by atoms with van der Waals surface area (Å²) in [5.74, 6) is 0.919. The Morgan fingerprint density at radius 3 is 2.71 bits per heavy atom. The molecule has 1 fully saturated rings. The second-order valence-corrected chi connectivity index (χ2v) is 6.99. The van der Waals surface area contributed by atoms with Crippen LogP contribution in [-0.2, 0) is 11.3 Å². The lowest BCUT2D eigenvalue weighted by Gasteiger charge is -2.30. The van der Waals surface area contributed by atoms with Gasteiger partial charge >= 0.3 is 0 Å². The normalized spacial score (nSPS) is 17.0. The average molecular weight is 332 g/mol. The standard InChI is InChI=1S/C20H33N3O/c1-4-21-19(22-15-18-9-7-8-17(2)14-18)23-16-20(12-13-24-3)10-5-6-11-20/h7-9,14H,4-6,10-13,15-16H2,1-3H3,(H2,21,22,23). The van der Waals surface area contributed by atoms with Crippen LogP contribution in [0.15, 0.2) is 29.3 Å². The number of ether oxygens (including phenoxy) is 1. The number of aryl methyl sites for hydroxylation is 1. The molecule has 134 valence electrons. The molecule has 0 heterocycles. The van der Waals surface area contributed by atoms with E-state index in [0.717, 1.165) is 32.1 Å². The Bertz CT molecular complexity index is 521. The highest BCUT2D eigenvalue weighted by Crippen LogP contribution is 2.40. The summed E-state index contributed by atoms with van der Waals surface area (Å²) in [6, 6.07) is 8.55. The molecule has 1 aliphatic rings. The van der Waals surface area contributed by atoms with Crippen molar-refractivity contribution in [3.63, 3.8) is 0 Å². The van der Waals surface area contributed by atoms with Crippen molar-refractivity contribution in [3.05, 3.63) is 35.4 Å². The zero-order chi connectivity index (χ0) is 17.3. The van der Waals surface area contributed by atoms with Crippen molar-refractivity contribution >= 4 is 5.96 Å². The number of benzene rings is 1. The first kappa shape index (κ1) is 18.8. The molecule has 1 aromatic carbocycles. The second-order valence-electron chi connectivity index (χ2n) is 6.99. The van der Waals surface area contributed by atoms with E-state index in [1.54, 1.807) is 7.11 Å². The van der Waals surface area contributed by atoms with E-state index in [2.05, 4.69) is 48.7 Å². The molecule has 1 aromatic rings. The summed E-state index contributed by atoms with van der Waals surface area (Å²) in [6.07, 6.45) is 6.39. The first-order valence-corrected chi connectivity index (χ1v) is 9.24. The van der Waals surface area contributed by atoms with Gasteiger partial charge in [0, 0.05) is 26.8 Å². The molecule has 2 N–H and O–H groups in total. The predicted molar refractivity (Wildman–Crippen MR) is 101 cm³/mol. The lowest BCUT2D eigenvalue weighted by Crippen LogP contribution is -2.43. The minimum Gasteiger partial charge on any atom is -0.385 e. The van der Waals surface area contributed by atoms with Crippen molar-refractivity contribution in [2.24, 2.45) is 10.4 Å². The van der Waals surface area contributed by atoms with Crippen LogP contribution in [0.1, 0.15) is 50.2 Å². The number of aliphatic imine (C=N–C) groups is 1. The topological polar surface area (TPSA) is 45.7 Å². The molecule has 0 atom stereocenters. The minimum absolute atomic E-state index is 0.371. The Morgan fingerprint density at radius 1 is 1.25 bits per heavy atom. The van der Waals surface area contributed by atoms with Gasteiger partial charge in [-0.25, -0.2) is 4.99 Å². The number of nitrogens with zero attached hydrogens (tertiary/aromatic N) is 1. The fourth-order valence-corrected chi connectivity index (χ4v) is 3.55. The summed E-state index contributed by atoms with van der Waals surface area (Å²) < 4.78 is 5.33. The maximum absolute atomic E-state index is 5.33. The molecule has 0 saturated heterocycles. The molecule has 1 aliphatic carbocycles. The van der Waals surface area contributed by atoms with Gasteiger partial charge in [-0.3, -0.25) is 0 Å². The summed E-state index contributed by atoms with van der Waals surface area (Å²) in [7, 11) is 1.80. The maximum Gasteiger partial charge on any atom is 0.191 e. The van der Waals surface area contributed by atoms with E-state index < -0.39 is 0 Å². The van der Waals surface area contributed by atoms with Gasteiger partial charge in [0.15, 0.2) is 5.96 Å². The zero-order valence-electron chi connectivity index (χ0n) is 15.5. The van der Waals surface area contributed by atoms with E-state index in [9.17, 15) is 0 Å². The van der Waals surface area contributed by atoms with Crippen molar-refractivity contribution in [1.29, 1.82) is 0 Å². The maximum atomic E-state index is 5.33. The highest BCUT2D eigenvalue weighted by atomic mass is 16.5. The summed E-state index contributed by atoms with van der Waals surface area (Å²) in [5.41, 5.74) is 2.91. The van der Waals surface area contributed by atoms with Gasteiger partial charge in [0.1, 0.15) is 0 Å². The molecule has 0 amide bonds. The lowest BCUT2D eigenvalue weighted by atomic mass is 9.83. The molecule has 4 nitrogen and oxygen atoms in total. The van der Waals surface area contributed by atoms with Gasteiger partial charge in [-0.2, -0.15) is 0 Å². The highest BCUT2D eigenvalue weighted by Gasteiger charge is 2.33. The SMILES string of the molecule is CCNC(=NCc1cccc(C)c1)NCC1(CCOC)CCCC1. The third-order valence-corrected chi connectivity index (χ3v) is 4.98. The largest absolute Gasteiger partial charge is 0.385 e. The molecule has 2 rings (SSSR count). The highest BCUT2D eigenvalue weighted by molar-refractivity contribution is 5.79. The number of methoxy groups -OCH3 is 1. The van der Waals surface area contributed by atoms with E-state index in [0.29, 0.717) is 12.0 Å². The number of hydrogen-bond donors (Lipinski definition) is 2. The molecule has 4 heteroatoms. The quantitative estimate of drug-likeness (QED) is 0.564. The fourth-order valence-electron chi connectivity index (χ4n) is 3.55. The minimum atomic E-state index is 0.371. The molecule has 0 radical (unpaired) electrons. The van der Waals surface area contributed by atoms with Crippen LogP contribution in [0.25, 0.3) is 0 Å². The Hall–Kier alpha value is -1.55. The number of hydrogen-bond acceptors (Lipinski definition) is 2. The monoisotopic (exact) mass is 331 g/mol. The first-order valence-electron chi connectivity index (χ1n) is 9.24. The number of nitrogens with one attached hydrogen (secondary N) is 2. The van der Waals surface area contributed by atoms with Crippen molar-refractivity contribution in [3.8, 4) is 0 Å². The molecule has 0 bridgehead atoms. The van der Waals surface area contributed by atoms with E-state index in [-0.39, 0.29) is 0 Å². The zero-order valence-corrected chi connectivity index (χ0v) is 15.5. The Labute approximate surface area is 147 Å². The van der Waals surface area contributed by atoms with Crippen LogP contribution in [0.3, 0.4) is 0 Å². The van der Waals surface area contributed by atoms with E-state index in [1.807, 2.05) is 0 Å². The van der Waals surface area contributed by atoms with Gasteiger partial charge in [0.25, 0.3) is 0 Å². The molecule has 0 aromatic heterocycles. The summed E-state index contributed by atoms with van der Waals surface area (Å²) in [4.78, 5) is 4.76. The van der Waals surface area contributed by atoms with E-state index >= 15 is 0 Å². The third-order valence-electron chi connectivity index (χ3n) is 4.98. The molecule has 0 spiro atoms. The lowest BCUT2D eigenvalue weighted by molar-refractivity contribution is 0.138. The molecule has 0 unspecified atom stereocenters. The van der Waals surface area contributed by atoms with Crippen LogP contribution in [0, 0.1) is 12.3 Å². The number of guanidine groups is 1. The van der Waals surface area contributed by atoms with Gasteiger partial charge in [-0.1, -0.05) is 42.7 Å². The summed E-state index contributed by atoms with van der Waals surface area (Å²) >= 11 is 0. The smallest absolute Gasteiger partial charge is 0.191 e. The first-order chi connectivity index (χ1) is 11.7. The van der Waals surface area contributed by atoms with Crippen molar-refractivity contribution in [1.82, 2.24) is 10.6 Å². The van der Waals surface area contributed by atoms with Crippen molar-refractivity contribution in [2.45, 2.75) is 52.5 Å². The van der Waals surface area contributed by atoms with Crippen LogP contribution in [0.4, 0.5) is 0 Å². The fraction of sp³-hybridized carbons (Fsp3) is 0.650. The molecule has 24 heavy (non-hydrogen) atoms. The summed E-state index contributed by atoms with van der Waals surface area (Å²) in [6.45, 7) is 7.65. The second kappa shape index (κ2) is 9.67. The average Bonchev–Trinajstić information content (AvgIpc) is 3.05. The predicted octanol–water partition coefficient (Wildman–Crippen LogP) is 3.65. The summed E-state index contributed by atoms with van der Waals surface area (Å²) in [5, 5.41) is 6.95. The Kier molecular flexibility index (Phi) is 7.57. The Balaban J connectivity index is 1.95. The molecular formula is C20H33N3O. The van der Waals surface area contributed by atoms with Gasteiger partial charge in [-0.15, -0.1) is 0 Å². The van der Waals surface area contributed by atoms with E-state index in [4.69, 9.17) is 9.73 Å². The van der Waals surface area contributed by atoms with Crippen molar-refractivity contribution in [2.75, 3.05) is 26.8 Å². The van der Waals surface area contributed by atoms with Crippen LogP contribution < -0.4 is 10.6 Å². The Morgan fingerprint density at radius 2 is 2.04 bits per heavy atom. The van der Waals surface area contributed by atoms with Crippen LogP contribution >= 0.6 is 0 Å². The van der Waals surface area contributed by atoms with E-state index in [1.165, 1.54) is 36.8 Å². The third kappa shape index (κ3) is 5.82. The van der Waals surface area contributed by atoms with Gasteiger partial charge in [-0.05, 0) is 44.1 Å². The number of rotatable bonds is 8. The van der Waals surface area contributed by atoms with Crippen molar-refractivity contribution < 1.29 is 4.74 Å².